The Morgan fingerprint density at radius 1 is 0.938 bits per heavy atom. The largest absolute Gasteiger partial charge is 0.368 e. The standard InChI is InChI=1S/C27H27NO4/c1-19-26(24(29)18-31-19)28-27(30)25(16-20-8-4-2-5-9-20)32-17-21-12-14-23(15-13-21)22-10-6-3-7-11-22/h2-15,19,25-26H,16-18H2,1H3,(H,28,30). The molecule has 1 fully saturated rings. The third-order valence-electron chi connectivity index (χ3n) is 5.67. The van der Waals surface area contributed by atoms with Crippen LogP contribution in [0.4, 0.5) is 0 Å². The summed E-state index contributed by atoms with van der Waals surface area (Å²) in [4.78, 5) is 25.1. The van der Waals surface area contributed by atoms with Gasteiger partial charge in [-0.3, -0.25) is 9.59 Å². The van der Waals surface area contributed by atoms with Crippen molar-refractivity contribution in [3.8, 4) is 11.1 Å². The van der Waals surface area contributed by atoms with Crippen molar-refractivity contribution in [2.75, 3.05) is 6.61 Å². The third kappa shape index (κ3) is 5.49. The summed E-state index contributed by atoms with van der Waals surface area (Å²) in [5.41, 5.74) is 4.25. The molecule has 3 atom stereocenters. The number of amides is 1. The van der Waals surface area contributed by atoms with Crippen molar-refractivity contribution < 1.29 is 19.1 Å². The van der Waals surface area contributed by atoms with Crippen molar-refractivity contribution in [3.63, 3.8) is 0 Å². The lowest BCUT2D eigenvalue weighted by molar-refractivity contribution is -0.136. The van der Waals surface area contributed by atoms with Gasteiger partial charge in [0.05, 0.1) is 12.7 Å². The van der Waals surface area contributed by atoms with E-state index in [4.69, 9.17) is 9.47 Å². The third-order valence-corrected chi connectivity index (χ3v) is 5.67. The summed E-state index contributed by atoms with van der Waals surface area (Å²) in [6, 6.07) is 27.4. The second kappa shape index (κ2) is 10.4. The Labute approximate surface area is 188 Å². The van der Waals surface area contributed by atoms with Gasteiger partial charge in [0.15, 0.2) is 5.78 Å². The van der Waals surface area contributed by atoms with Crippen LogP contribution >= 0.6 is 0 Å². The Kier molecular flexibility index (Phi) is 7.10. The van der Waals surface area contributed by atoms with Crippen molar-refractivity contribution in [1.29, 1.82) is 0 Å². The van der Waals surface area contributed by atoms with Crippen LogP contribution in [0.5, 0.6) is 0 Å². The molecule has 1 N–H and O–H groups in total. The topological polar surface area (TPSA) is 64.6 Å². The molecule has 1 aliphatic rings. The molecule has 1 heterocycles. The highest BCUT2D eigenvalue weighted by Crippen LogP contribution is 2.20. The number of ketones is 1. The van der Waals surface area contributed by atoms with Crippen LogP contribution in [0.3, 0.4) is 0 Å². The fraction of sp³-hybridized carbons (Fsp3) is 0.259. The number of nitrogens with one attached hydrogen (secondary N) is 1. The molecule has 0 radical (unpaired) electrons. The van der Waals surface area contributed by atoms with Crippen molar-refractivity contribution in [2.24, 2.45) is 0 Å². The number of carbonyl (C=O) groups excluding carboxylic acids is 2. The average molecular weight is 430 g/mol. The summed E-state index contributed by atoms with van der Waals surface area (Å²) in [6.45, 7) is 2.12. The van der Waals surface area contributed by atoms with E-state index in [1.54, 1.807) is 6.92 Å². The Balaban J connectivity index is 1.44. The molecular formula is C27H27NO4. The lowest BCUT2D eigenvalue weighted by Gasteiger charge is -2.21. The lowest BCUT2D eigenvalue weighted by atomic mass is 10.0. The van der Waals surface area contributed by atoms with Gasteiger partial charge in [0.25, 0.3) is 0 Å². The van der Waals surface area contributed by atoms with Crippen molar-refractivity contribution in [1.82, 2.24) is 5.32 Å². The molecule has 1 aliphatic heterocycles. The smallest absolute Gasteiger partial charge is 0.250 e. The first-order chi connectivity index (χ1) is 15.6. The fourth-order valence-corrected chi connectivity index (χ4v) is 3.78. The van der Waals surface area contributed by atoms with Crippen LogP contribution in [-0.2, 0) is 32.1 Å². The molecule has 4 rings (SSSR count). The van der Waals surface area contributed by atoms with Crippen molar-refractivity contribution in [3.05, 3.63) is 96.1 Å². The van der Waals surface area contributed by atoms with Crippen LogP contribution < -0.4 is 5.32 Å². The maximum atomic E-state index is 13.0. The van der Waals surface area contributed by atoms with E-state index in [0.29, 0.717) is 13.0 Å². The highest BCUT2D eigenvalue weighted by molar-refractivity contribution is 5.93. The van der Waals surface area contributed by atoms with Crippen LogP contribution in [0.2, 0.25) is 0 Å². The number of hydrogen-bond acceptors (Lipinski definition) is 4. The molecule has 0 bridgehead atoms. The van der Waals surface area contributed by atoms with Crippen LogP contribution in [0, 0.1) is 0 Å². The Bertz CT molecular complexity index is 1030. The van der Waals surface area contributed by atoms with Gasteiger partial charge in [0, 0.05) is 6.42 Å². The molecule has 0 saturated carbocycles. The molecule has 3 aromatic rings. The van der Waals surface area contributed by atoms with Crippen LogP contribution in [0.15, 0.2) is 84.9 Å². The van der Waals surface area contributed by atoms with Gasteiger partial charge in [-0.2, -0.15) is 0 Å². The quantitative estimate of drug-likeness (QED) is 0.589. The Hall–Kier alpha value is -3.28. The minimum Gasteiger partial charge on any atom is -0.368 e. The normalized spacial score (nSPS) is 19.0. The van der Waals surface area contributed by atoms with Gasteiger partial charge in [-0.25, -0.2) is 0 Å². The Morgan fingerprint density at radius 2 is 1.56 bits per heavy atom. The maximum Gasteiger partial charge on any atom is 0.250 e. The number of Topliss-reactive ketones (excluding diaryl/α,β-unsaturated/α-hetero) is 1. The highest BCUT2D eigenvalue weighted by atomic mass is 16.5. The van der Waals surface area contributed by atoms with E-state index in [1.807, 2.05) is 60.7 Å². The van der Waals surface area contributed by atoms with E-state index >= 15 is 0 Å². The summed E-state index contributed by atoms with van der Waals surface area (Å²) >= 11 is 0. The van der Waals surface area contributed by atoms with E-state index in [2.05, 4.69) is 29.6 Å². The molecule has 5 nitrogen and oxygen atoms in total. The molecular weight excluding hydrogens is 402 g/mol. The Morgan fingerprint density at radius 3 is 2.19 bits per heavy atom. The minimum atomic E-state index is -0.716. The first kappa shape index (κ1) is 21.9. The number of hydrogen-bond donors (Lipinski definition) is 1. The number of benzene rings is 3. The van der Waals surface area contributed by atoms with Gasteiger partial charge in [-0.05, 0) is 29.2 Å². The second-order valence-corrected chi connectivity index (χ2v) is 8.02. The zero-order valence-corrected chi connectivity index (χ0v) is 18.1. The molecule has 164 valence electrons. The summed E-state index contributed by atoms with van der Waals surface area (Å²) < 4.78 is 11.4. The molecule has 0 aromatic heterocycles. The lowest BCUT2D eigenvalue weighted by Crippen LogP contribution is -2.49. The van der Waals surface area contributed by atoms with Crippen molar-refractivity contribution in [2.45, 2.75) is 38.2 Å². The monoisotopic (exact) mass is 429 g/mol. The van der Waals surface area contributed by atoms with Gasteiger partial charge in [-0.15, -0.1) is 0 Å². The molecule has 1 saturated heterocycles. The van der Waals surface area contributed by atoms with Gasteiger partial charge < -0.3 is 14.8 Å². The average Bonchev–Trinajstić information content (AvgIpc) is 3.15. The maximum absolute atomic E-state index is 13.0. The molecule has 32 heavy (non-hydrogen) atoms. The first-order valence-corrected chi connectivity index (χ1v) is 10.8. The first-order valence-electron chi connectivity index (χ1n) is 10.8. The predicted molar refractivity (Wildman–Crippen MR) is 123 cm³/mol. The summed E-state index contributed by atoms with van der Waals surface area (Å²) in [7, 11) is 0. The van der Waals surface area contributed by atoms with Crippen LogP contribution in [0.1, 0.15) is 18.1 Å². The van der Waals surface area contributed by atoms with Crippen LogP contribution in [-0.4, -0.2) is 36.5 Å². The molecule has 0 aliphatic carbocycles. The van der Waals surface area contributed by atoms with Gasteiger partial charge >= 0.3 is 0 Å². The molecule has 0 spiro atoms. The molecule has 1 amide bonds. The second-order valence-electron chi connectivity index (χ2n) is 8.02. The van der Waals surface area contributed by atoms with E-state index in [9.17, 15) is 9.59 Å². The van der Waals surface area contributed by atoms with Gasteiger partial charge in [0.2, 0.25) is 5.91 Å². The molecule has 3 unspecified atom stereocenters. The van der Waals surface area contributed by atoms with E-state index < -0.39 is 12.1 Å². The molecule has 5 heteroatoms. The fourth-order valence-electron chi connectivity index (χ4n) is 3.78. The van der Waals surface area contributed by atoms with Gasteiger partial charge in [-0.1, -0.05) is 84.9 Å². The van der Waals surface area contributed by atoms with Crippen LogP contribution in [0.25, 0.3) is 11.1 Å². The summed E-state index contributed by atoms with van der Waals surface area (Å²) in [5.74, 6) is -0.411. The minimum absolute atomic E-state index is 0.0318. The van der Waals surface area contributed by atoms with E-state index in [1.165, 1.54) is 0 Å². The number of rotatable bonds is 8. The predicted octanol–water partition coefficient (Wildman–Crippen LogP) is 3.95. The summed E-state index contributed by atoms with van der Waals surface area (Å²) in [5, 5.41) is 2.83. The van der Waals surface area contributed by atoms with E-state index in [0.717, 1.165) is 22.3 Å². The zero-order valence-electron chi connectivity index (χ0n) is 18.1. The van der Waals surface area contributed by atoms with Crippen molar-refractivity contribution >= 4 is 11.7 Å². The van der Waals surface area contributed by atoms with E-state index in [-0.39, 0.29) is 24.4 Å². The zero-order chi connectivity index (χ0) is 22.3. The molecule has 3 aromatic carbocycles. The highest BCUT2D eigenvalue weighted by Gasteiger charge is 2.35. The number of carbonyl (C=O) groups is 2. The van der Waals surface area contributed by atoms with Gasteiger partial charge in [0.1, 0.15) is 18.8 Å². The SMILES string of the molecule is CC1OCC(=O)C1NC(=O)C(Cc1ccccc1)OCc1ccc(-c2ccccc2)cc1. The number of ether oxygens (including phenoxy) is 2. The summed E-state index contributed by atoms with van der Waals surface area (Å²) in [6.07, 6.45) is -0.633.